The molecule has 0 unspecified atom stereocenters. The molecule has 69 heavy (non-hydrogen) atoms. The van der Waals surface area contributed by atoms with E-state index in [0.29, 0.717) is 0 Å². The number of nitrogens with zero attached hydrogens (tertiary/aromatic N) is 2. The average molecular weight is 927 g/mol. The van der Waals surface area contributed by atoms with Gasteiger partial charge in [-0.05, 0) is 144 Å². The first-order valence-corrected chi connectivity index (χ1v) is 31.2. The lowest BCUT2D eigenvalue weighted by molar-refractivity contribution is 0.670. The van der Waals surface area contributed by atoms with E-state index in [9.17, 15) is 0 Å². The van der Waals surface area contributed by atoms with Gasteiger partial charge in [0.05, 0.1) is 27.5 Å². The van der Waals surface area contributed by atoms with E-state index in [4.69, 9.17) is 4.42 Å². The van der Waals surface area contributed by atoms with E-state index in [2.05, 4.69) is 269 Å². The molecule has 1 aromatic heterocycles. The van der Waals surface area contributed by atoms with E-state index in [1.807, 2.05) is 0 Å². The second-order valence-corrected chi connectivity index (χ2v) is 31.1. The van der Waals surface area contributed by atoms with Gasteiger partial charge < -0.3 is 14.2 Å². The van der Waals surface area contributed by atoms with Crippen molar-refractivity contribution >= 4 is 104 Å². The van der Waals surface area contributed by atoms with E-state index in [1.165, 1.54) is 54.5 Å². The lowest BCUT2D eigenvalue weighted by Crippen LogP contribution is -2.37. The van der Waals surface area contributed by atoms with Crippen LogP contribution in [0.3, 0.4) is 0 Å². The first kappa shape index (κ1) is 44.1. The van der Waals surface area contributed by atoms with Crippen molar-refractivity contribution in [3.8, 4) is 22.3 Å². The maximum atomic E-state index is 6.86. The van der Waals surface area contributed by atoms with Crippen LogP contribution in [0.4, 0.5) is 34.1 Å². The van der Waals surface area contributed by atoms with Gasteiger partial charge in [0.1, 0.15) is 11.2 Å². The molecule has 10 aromatic carbocycles. The summed E-state index contributed by atoms with van der Waals surface area (Å²) in [7, 11) is -3.01. The van der Waals surface area contributed by atoms with Crippen LogP contribution in [0.25, 0.3) is 65.7 Å². The lowest BCUT2D eigenvalue weighted by atomic mass is 9.98. The topological polar surface area (TPSA) is 19.6 Å². The standard InChI is InChI=1S/C64H58N2OSi2/c1-43-19-33-61(57(35-43)45-15-11-9-12-16-45)65(51-25-29-55(30-26-51)68(3,4)5)53-23-21-47-39-59-60-40-48-22-24-54(38-50(48)42-64(60)67-63(59)41-49(47)37-53)66(52-27-31-56(32-28-52)69(6,7)8)62-34-20-44(2)36-58(62)46-17-13-10-14-18-46/h9-42H,1-8H3. The maximum absolute atomic E-state index is 6.86. The van der Waals surface area contributed by atoms with Crippen molar-refractivity contribution in [2.75, 3.05) is 9.80 Å². The van der Waals surface area contributed by atoms with Gasteiger partial charge in [-0.15, -0.1) is 0 Å². The van der Waals surface area contributed by atoms with E-state index < -0.39 is 16.1 Å². The van der Waals surface area contributed by atoms with E-state index >= 15 is 0 Å². The van der Waals surface area contributed by atoms with Gasteiger partial charge >= 0.3 is 0 Å². The summed E-state index contributed by atoms with van der Waals surface area (Å²) in [6.07, 6.45) is 0. The number of rotatable bonds is 10. The molecule has 0 spiro atoms. The van der Waals surface area contributed by atoms with Crippen LogP contribution >= 0.6 is 0 Å². The third-order valence-electron chi connectivity index (χ3n) is 13.8. The molecule has 0 bridgehead atoms. The van der Waals surface area contributed by atoms with Gasteiger partial charge in [0, 0.05) is 44.6 Å². The van der Waals surface area contributed by atoms with E-state index in [1.54, 1.807) is 0 Å². The monoisotopic (exact) mass is 926 g/mol. The third kappa shape index (κ3) is 8.47. The summed E-state index contributed by atoms with van der Waals surface area (Å²) in [6.45, 7) is 18.8. The van der Waals surface area contributed by atoms with Crippen LogP contribution < -0.4 is 20.2 Å². The number of benzene rings is 10. The quantitative estimate of drug-likeness (QED) is 0.127. The lowest BCUT2D eigenvalue weighted by Gasteiger charge is -2.29. The van der Waals surface area contributed by atoms with Crippen LogP contribution in [0.15, 0.2) is 211 Å². The summed E-state index contributed by atoms with van der Waals surface area (Å²) in [6, 6.07) is 76.5. The summed E-state index contributed by atoms with van der Waals surface area (Å²) in [5.41, 5.74) is 15.8. The van der Waals surface area contributed by atoms with E-state index in [0.717, 1.165) is 66.8 Å². The highest BCUT2D eigenvalue weighted by Crippen LogP contribution is 2.45. The van der Waals surface area contributed by atoms with Crippen LogP contribution in [-0.4, -0.2) is 16.1 Å². The minimum Gasteiger partial charge on any atom is -0.456 e. The summed E-state index contributed by atoms with van der Waals surface area (Å²) in [4.78, 5) is 4.84. The Morgan fingerprint density at radius 3 is 1.09 bits per heavy atom. The van der Waals surface area contributed by atoms with Gasteiger partial charge in [0.2, 0.25) is 0 Å². The molecule has 0 N–H and O–H groups in total. The molecule has 0 aliphatic carbocycles. The largest absolute Gasteiger partial charge is 0.456 e. The van der Waals surface area contributed by atoms with Gasteiger partial charge in [0.25, 0.3) is 0 Å². The number of aryl methyl sites for hydroxylation is 2. The normalized spacial score (nSPS) is 12.1. The smallest absolute Gasteiger partial charge is 0.136 e. The predicted molar refractivity (Wildman–Crippen MR) is 304 cm³/mol. The molecule has 1 heterocycles. The second kappa shape index (κ2) is 17.3. The zero-order valence-electron chi connectivity index (χ0n) is 40.9. The van der Waals surface area contributed by atoms with Crippen LogP contribution in [0, 0.1) is 13.8 Å². The SMILES string of the molecule is Cc1ccc(N(c2ccc([Si](C)(C)C)cc2)c2ccc3cc4c(cc3c2)oc2cc3cc(N(c5ccc([Si](C)(C)C)cc5)c5ccc(C)cc5-c5ccccc5)ccc3cc24)c(-c2ccccc2)c1. The number of furan rings is 1. The zero-order valence-corrected chi connectivity index (χ0v) is 42.9. The third-order valence-corrected chi connectivity index (χ3v) is 17.9. The number of hydrogen-bond acceptors (Lipinski definition) is 3. The highest BCUT2D eigenvalue weighted by Gasteiger charge is 2.23. The van der Waals surface area contributed by atoms with Gasteiger partial charge in [-0.2, -0.15) is 0 Å². The second-order valence-electron chi connectivity index (χ2n) is 20.9. The Morgan fingerprint density at radius 2 is 0.710 bits per heavy atom. The van der Waals surface area contributed by atoms with Crippen LogP contribution in [0.2, 0.25) is 39.3 Å². The Balaban J connectivity index is 1.03. The zero-order chi connectivity index (χ0) is 47.6. The van der Waals surface area contributed by atoms with Crippen molar-refractivity contribution in [1.29, 1.82) is 0 Å². The van der Waals surface area contributed by atoms with E-state index in [-0.39, 0.29) is 0 Å². The molecule has 11 aromatic rings. The highest BCUT2D eigenvalue weighted by atomic mass is 28.3. The van der Waals surface area contributed by atoms with Crippen LogP contribution in [0.5, 0.6) is 0 Å². The minimum absolute atomic E-state index is 0.882. The molecule has 0 atom stereocenters. The van der Waals surface area contributed by atoms with Gasteiger partial charge in [0.15, 0.2) is 0 Å². The summed E-state index contributed by atoms with van der Waals surface area (Å²) < 4.78 is 6.86. The van der Waals surface area contributed by atoms with Crippen molar-refractivity contribution in [3.63, 3.8) is 0 Å². The molecule has 0 saturated carbocycles. The number of fused-ring (bicyclic) bond motifs is 5. The van der Waals surface area contributed by atoms with Gasteiger partial charge in [-0.1, -0.05) is 170 Å². The van der Waals surface area contributed by atoms with Crippen molar-refractivity contribution in [2.24, 2.45) is 0 Å². The first-order valence-electron chi connectivity index (χ1n) is 24.2. The Bertz CT molecular complexity index is 3450. The van der Waals surface area contributed by atoms with Crippen molar-refractivity contribution in [1.82, 2.24) is 0 Å². The van der Waals surface area contributed by atoms with Crippen molar-refractivity contribution in [3.05, 3.63) is 217 Å². The fraction of sp³-hybridized carbons (Fsp3) is 0.125. The van der Waals surface area contributed by atoms with Crippen LogP contribution in [-0.2, 0) is 0 Å². The Hall–Kier alpha value is -7.45. The number of anilines is 6. The average Bonchev–Trinajstić information content (AvgIpc) is 3.69. The Kier molecular flexibility index (Phi) is 11.0. The molecule has 5 heteroatoms. The van der Waals surface area contributed by atoms with Gasteiger partial charge in [-0.25, -0.2) is 0 Å². The molecule has 3 nitrogen and oxygen atoms in total. The summed E-state index contributed by atoms with van der Waals surface area (Å²) in [5.74, 6) is 0. The van der Waals surface area contributed by atoms with Crippen molar-refractivity contribution < 1.29 is 4.42 Å². The molecular formula is C64H58N2OSi2. The molecule has 0 amide bonds. The minimum atomic E-state index is -1.50. The first-order chi connectivity index (χ1) is 33.2. The fourth-order valence-corrected chi connectivity index (χ4v) is 12.3. The molecule has 0 aliphatic rings. The maximum Gasteiger partial charge on any atom is 0.136 e. The van der Waals surface area contributed by atoms with Gasteiger partial charge in [-0.3, -0.25) is 0 Å². The molecule has 338 valence electrons. The molecule has 0 fully saturated rings. The molecular weight excluding hydrogens is 869 g/mol. The van der Waals surface area contributed by atoms with Crippen molar-refractivity contribution in [2.45, 2.75) is 53.1 Å². The highest BCUT2D eigenvalue weighted by molar-refractivity contribution is 6.89. The van der Waals surface area contributed by atoms with Crippen LogP contribution in [0.1, 0.15) is 11.1 Å². The summed E-state index contributed by atoms with van der Waals surface area (Å²) >= 11 is 0. The summed E-state index contributed by atoms with van der Waals surface area (Å²) in [5, 5.41) is 9.74. The molecule has 11 rings (SSSR count). The number of hydrogen-bond donors (Lipinski definition) is 0. The fourth-order valence-electron chi connectivity index (χ4n) is 9.98. The predicted octanol–water partition coefficient (Wildman–Crippen LogP) is 17.9. The molecule has 0 radical (unpaired) electrons. The Labute approximate surface area is 408 Å². The molecule has 0 saturated heterocycles. The molecule has 0 aliphatic heterocycles. The Morgan fingerprint density at radius 1 is 0.333 bits per heavy atom.